The lowest BCUT2D eigenvalue weighted by molar-refractivity contribution is 0.240. The fraction of sp³-hybridized carbons (Fsp3) is 0.467. The van der Waals surface area contributed by atoms with Crippen molar-refractivity contribution in [3.63, 3.8) is 0 Å². The van der Waals surface area contributed by atoms with Crippen LogP contribution in [0.4, 0.5) is 0 Å². The molecule has 1 fully saturated rings. The molecule has 1 N–H and O–H groups in total. The smallest absolute Gasteiger partial charge is 0.264 e. The molecule has 2 aromatic rings. The molecule has 0 saturated carbocycles. The Balaban J connectivity index is 1.62. The zero-order valence-corrected chi connectivity index (χ0v) is 12.7. The molecule has 22 heavy (non-hydrogen) atoms. The van der Waals surface area contributed by atoms with Crippen LogP contribution in [-0.4, -0.2) is 30.9 Å². The molecular weight excluding hydrogens is 286 g/mol. The number of benzene rings is 1. The van der Waals surface area contributed by atoms with Crippen LogP contribution in [0.25, 0.3) is 0 Å². The molecule has 0 spiro atoms. The molecule has 1 aromatic heterocycles. The van der Waals surface area contributed by atoms with Gasteiger partial charge in [0.25, 0.3) is 5.89 Å². The van der Waals surface area contributed by atoms with Crippen molar-refractivity contribution in [2.75, 3.05) is 20.8 Å². The molecule has 7 heteroatoms. The van der Waals surface area contributed by atoms with Crippen LogP contribution < -0.4 is 19.5 Å². The Bertz CT molecular complexity index is 623. The molecule has 1 aliphatic rings. The number of nitrogens with one attached hydrogen (secondary N) is 1. The minimum atomic E-state index is 0.193. The van der Waals surface area contributed by atoms with Crippen LogP contribution in [0.5, 0.6) is 17.2 Å². The van der Waals surface area contributed by atoms with Crippen molar-refractivity contribution in [3.8, 4) is 17.2 Å². The second kappa shape index (κ2) is 6.65. The number of hydrogen-bond acceptors (Lipinski definition) is 7. The number of hydrogen-bond donors (Lipinski definition) is 1. The predicted octanol–water partition coefficient (Wildman–Crippen LogP) is 2.09. The van der Waals surface area contributed by atoms with Crippen LogP contribution in [0.1, 0.15) is 30.6 Å². The molecule has 1 atom stereocenters. The molecule has 2 heterocycles. The zero-order valence-electron chi connectivity index (χ0n) is 12.7. The van der Waals surface area contributed by atoms with Gasteiger partial charge in [0.1, 0.15) is 5.75 Å². The number of rotatable bonds is 6. The maximum atomic E-state index is 5.66. The molecule has 7 nitrogen and oxygen atoms in total. The largest absolute Gasteiger partial charge is 0.493 e. The van der Waals surface area contributed by atoms with Crippen molar-refractivity contribution in [2.24, 2.45) is 0 Å². The van der Waals surface area contributed by atoms with Gasteiger partial charge < -0.3 is 24.1 Å². The number of aromatic nitrogens is 2. The van der Waals surface area contributed by atoms with E-state index in [9.17, 15) is 0 Å². The summed E-state index contributed by atoms with van der Waals surface area (Å²) < 4.78 is 21.3. The third-order valence-corrected chi connectivity index (χ3v) is 3.57. The van der Waals surface area contributed by atoms with Crippen molar-refractivity contribution in [1.82, 2.24) is 15.5 Å². The topological polar surface area (TPSA) is 78.6 Å². The van der Waals surface area contributed by atoms with Crippen LogP contribution in [0, 0.1) is 0 Å². The van der Waals surface area contributed by atoms with E-state index in [0.717, 1.165) is 19.4 Å². The molecule has 1 unspecified atom stereocenters. The average Bonchev–Trinajstić information content (AvgIpc) is 3.23. The summed E-state index contributed by atoms with van der Waals surface area (Å²) in [6.07, 6.45) is 2.17. The highest BCUT2D eigenvalue weighted by molar-refractivity contribution is 5.45. The normalized spacial score (nSPS) is 17.5. The minimum absolute atomic E-state index is 0.193. The molecule has 0 radical (unpaired) electrons. The Labute approximate surface area is 128 Å². The van der Waals surface area contributed by atoms with Gasteiger partial charge in [0.15, 0.2) is 23.9 Å². The van der Waals surface area contributed by atoms with E-state index in [1.165, 1.54) is 0 Å². The van der Waals surface area contributed by atoms with Crippen molar-refractivity contribution in [1.29, 1.82) is 0 Å². The molecule has 3 rings (SSSR count). The van der Waals surface area contributed by atoms with Gasteiger partial charge in [0, 0.05) is 6.07 Å². The minimum Gasteiger partial charge on any atom is -0.493 e. The highest BCUT2D eigenvalue weighted by Gasteiger charge is 2.21. The molecule has 0 bridgehead atoms. The molecule has 0 amide bonds. The van der Waals surface area contributed by atoms with Gasteiger partial charge in [0.2, 0.25) is 0 Å². The predicted molar refractivity (Wildman–Crippen MR) is 78.2 cm³/mol. The lowest BCUT2D eigenvalue weighted by atomic mass is 10.2. The van der Waals surface area contributed by atoms with E-state index < -0.39 is 0 Å². The molecule has 0 aliphatic carbocycles. The monoisotopic (exact) mass is 305 g/mol. The van der Waals surface area contributed by atoms with E-state index in [-0.39, 0.29) is 12.6 Å². The van der Waals surface area contributed by atoms with Crippen LogP contribution >= 0.6 is 0 Å². The summed E-state index contributed by atoms with van der Waals surface area (Å²) in [5, 5.41) is 7.33. The van der Waals surface area contributed by atoms with E-state index in [1.54, 1.807) is 32.4 Å². The summed E-state index contributed by atoms with van der Waals surface area (Å²) >= 11 is 0. The third-order valence-electron chi connectivity index (χ3n) is 3.57. The van der Waals surface area contributed by atoms with Gasteiger partial charge in [-0.2, -0.15) is 4.98 Å². The van der Waals surface area contributed by atoms with Gasteiger partial charge in [0.05, 0.1) is 20.3 Å². The van der Waals surface area contributed by atoms with Gasteiger partial charge in [-0.1, -0.05) is 5.16 Å². The van der Waals surface area contributed by atoms with Gasteiger partial charge in [-0.3, -0.25) is 0 Å². The van der Waals surface area contributed by atoms with Crippen molar-refractivity contribution in [2.45, 2.75) is 25.5 Å². The molecule has 1 aliphatic heterocycles. The number of ether oxygens (including phenoxy) is 3. The third kappa shape index (κ3) is 3.14. The first-order valence-electron chi connectivity index (χ1n) is 7.21. The van der Waals surface area contributed by atoms with Gasteiger partial charge in [-0.15, -0.1) is 0 Å². The Morgan fingerprint density at radius 3 is 2.86 bits per heavy atom. The summed E-state index contributed by atoms with van der Waals surface area (Å²) in [4.78, 5) is 4.36. The first kappa shape index (κ1) is 14.6. The quantitative estimate of drug-likeness (QED) is 0.875. The fourth-order valence-electron chi connectivity index (χ4n) is 2.42. The van der Waals surface area contributed by atoms with Gasteiger partial charge in [-0.05, 0) is 31.5 Å². The number of nitrogens with zero attached hydrogens (tertiary/aromatic N) is 2. The summed E-state index contributed by atoms with van der Waals surface area (Å²) in [6, 6.07) is 5.54. The van der Waals surface area contributed by atoms with Crippen LogP contribution in [0.2, 0.25) is 0 Å². The van der Waals surface area contributed by atoms with Crippen LogP contribution in [0.3, 0.4) is 0 Å². The molecule has 118 valence electrons. The van der Waals surface area contributed by atoms with Crippen molar-refractivity contribution < 1.29 is 18.7 Å². The summed E-state index contributed by atoms with van der Waals surface area (Å²) in [6.45, 7) is 1.21. The summed E-state index contributed by atoms with van der Waals surface area (Å²) in [5.74, 6) is 3.07. The van der Waals surface area contributed by atoms with E-state index in [4.69, 9.17) is 18.7 Å². The lowest BCUT2D eigenvalue weighted by Crippen LogP contribution is -2.14. The first-order chi connectivity index (χ1) is 10.8. The Hall–Kier alpha value is -2.28. The van der Waals surface area contributed by atoms with Gasteiger partial charge >= 0.3 is 0 Å². The maximum absolute atomic E-state index is 5.66. The second-order valence-corrected chi connectivity index (χ2v) is 5.00. The van der Waals surface area contributed by atoms with Crippen LogP contribution in [0.15, 0.2) is 22.7 Å². The zero-order chi connectivity index (χ0) is 15.4. The standard InChI is InChI=1S/C15H19N3O4/c1-19-12-6-5-10(8-13(12)20-2)21-9-14-17-15(18-22-14)11-4-3-7-16-11/h5-6,8,11,16H,3-4,7,9H2,1-2H3. The van der Waals surface area contributed by atoms with E-state index in [2.05, 4.69) is 15.5 Å². The second-order valence-electron chi connectivity index (χ2n) is 5.00. The highest BCUT2D eigenvalue weighted by atomic mass is 16.5. The summed E-state index contributed by atoms with van der Waals surface area (Å²) in [7, 11) is 3.18. The average molecular weight is 305 g/mol. The Morgan fingerprint density at radius 1 is 1.27 bits per heavy atom. The van der Waals surface area contributed by atoms with Crippen LogP contribution in [-0.2, 0) is 6.61 Å². The lowest BCUT2D eigenvalue weighted by Gasteiger charge is -2.09. The Kier molecular flexibility index (Phi) is 4.43. The van der Waals surface area contributed by atoms with E-state index in [1.807, 2.05) is 0 Å². The first-order valence-corrected chi connectivity index (χ1v) is 7.21. The fourth-order valence-corrected chi connectivity index (χ4v) is 2.42. The van der Waals surface area contributed by atoms with E-state index in [0.29, 0.717) is 29.0 Å². The molecule has 1 aromatic carbocycles. The van der Waals surface area contributed by atoms with Crippen molar-refractivity contribution in [3.05, 3.63) is 29.9 Å². The summed E-state index contributed by atoms with van der Waals surface area (Å²) in [5.41, 5.74) is 0. The SMILES string of the molecule is COc1ccc(OCc2nc(C3CCCN3)no2)cc1OC. The highest BCUT2D eigenvalue weighted by Crippen LogP contribution is 2.31. The molecular formula is C15H19N3O4. The maximum Gasteiger partial charge on any atom is 0.264 e. The van der Waals surface area contributed by atoms with Crippen molar-refractivity contribution >= 4 is 0 Å². The molecule has 1 saturated heterocycles. The van der Waals surface area contributed by atoms with Gasteiger partial charge in [-0.25, -0.2) is 0 Å². The Morgan fingerprint density at radius 2 is 2.14 bits per heavy atom. The number of methoxy groups -OCH3 is 2. The van der Waals surface area contributed by atoms with E-state index >= 15 is 0 Å².